The van der Waals surface area contributed by atoms with Crippen LogP contribution in [-0.2, 0) is 11.2 Å². The first kappa shape index (κ1) is 20.7. The third kappa shape index (κ3) is 3.78. The van der Waals surface area contributed by atoms with Gasteiger partial charge in [0.25, 0.3) is 0 Å². The zero-order valence-corrected chi connectivity index (χ0v) is 19.2. The average Bonchev–Trinajstić information content (AvgIpc) is 2.81. The zero-order valence-electron chi connectivity index (χ0n) is 16.7. The van der Waals surface area contributed by atoms with E-state index >= 15 is 0 Å². The third-order valence-electron chi connectivity index (χ3n) is 5.60. The molecule has 0 aliphatic rings. The van der Waals surface area contributed by atoms with Gasteiger partial charge in [0.15, 0.2) is 0 Å². The fourth-order valence-corrected chi connectivity index (χ4v) is 11.7. The first-order chi connectivity index (χ1) is 14.6. The fraction of sp³-hybridized carbons (Fsp3) is 0.0741. The van der Waals surface area contributed by atoms with E-state index in [2.05, 4.69) is 88.3 Å². The van der Waals surface area contributed by atoms with Gasteiger partial charge in [-0.05, 0) is 0 Å². The van der Waals surface area contributed by atoms with Gasteiger partial charge in [0.1, 0.15) is 0 Å². The molecule has 0 heterocycles. The fourth-order valence-electron chi connectivity index (χ4n) is 4.15. The number of ketones is 1. The molecule has 150 valence electrons. The van der Waals surface area contributed by atoms with Gasteiger partial charge in [0.2, 0.25) is 0 Å². The Hall–Kier alpha value is -2.54. The van der Waals surface area contributed by atoms with Gasteiger partial charge in [0.05, 0.1) is 0 Å². The Morgan fingerprint density at radius 3 is 1.27 bits per heavy atom. The molecule has 0 aromatic heterocycles. The molecule has 0 saturated heterocycles. The molecule has 0 aliphatic heterocycles. The van der Waals surface area contributed by atoms with E-state index in [1.165, 1.54) is 15.9 Å². The number of benzene rings is 4. The van der Waals surface area contributed by atoms with Crippen molar-refractivity contribution in [2.24, 2.45) is 0 Å². The Morgan fingerprint density at radius 1 is 0.567 bits per heavy atom. The number of rotatable bonds is 7. The molecule has 0 unspecified atom stereocenters. The SMILES string of the molecule is O=C(Cc1ccccc1)CP(Br)(c1ccccc1)(c1ccccc1)c1ccccc1. The van der Waals surface area contributed by atoms with Crippen molar-refractivity contribution < 1.29 is 4.79 Å². The predicted octanol–water partition coefficient (Wildman–Crippen LogP) is 5.64. The van der Waals surface area contributed by atoms with Crippen LogP contribution in [0.5, 0.6) is 0 Å². The van der Waals surface area contributed by atoms with E-state index in [0.717, 1.165) is 5.56 Å². The minimum absolute atomic E-state index is 0.229. The van der Waals surface area contributed by atoms with Crippen molar-refractivity contribution in [1.29, 1.82) is 0 Å². The topological polar surface area (TPSA) is 17.1 Å². The van der Waals surface area contributed by atoms with Crippen LogP contribution in [0.4, 0.5) is 0 Å². The maximum atomic E-state index is 13.6. The molecule has 0 radical (unpaired) electrons. The summed E-state index contributed by atoms with van der Waals surface area (Å²) in [5.41, 5.74) is 1.05. The van der Waals surface area contributed by atoms with E-state index in [9.17, 15) is 4.79 Å². The molecular formula is C27H24BrOP. The molecular weight excluding hydrogens is 451 g/mol. The molecule has 0 spiro atoms. The van der Waals surface area contributed by atoms with Crippen LogP contribution in [0.1, 0.15) is 5.56 Å². The molecule has 30 heavy (non-hydrogen) atoms. The summed E-state index contributed by atoms with van der Waals surface area (Å²) in [6.07, 6.45) is 0.857. The van der Waals surface area contributed by atoms with Crippen LogP contribution in [0.25, 0.3) is 0 Å². The summed E-state index contributed by atoms with van der Waals surface area (Å²) >= 11 is 4.34. The Bertz CT molecular complexity index is 1010. The van der Waals surface area contributed by atoms with E-state index < -0.39 is 5.31 Å². The molecule has 4 aromatic rings. The quantitative estimate of drug-likeness (QED) is 0.317. The van der Waals surface area contributed by atoms with Gasteiger partial charge in [0, 0.05) is 0 Å². The monoisotopic (exact) mass is 474 g/mol. The normalized spacial score (nSPS) is 12.6. The van der Waals surface area contributed by atoms with Crippen LogP contribution in [0.15, 0.2) is 121 Å². The summed E-state index contributed by atoms with van der Waals surface area (Å²) in [4.78, 5) is 13.6. The van der Waals surface area contributed by atoms with E-state index in [1.807, 2.05) is 48.5 Å². The second-order valence-electron chi connectivity index (χ2n) is 7.55. The number of hydrogen-bond acceptors (Lipinski definition) is 1. The molecule has 1 nitrogen and oxygen atoms in total. The second-order valence-corrected chi connectivity index (χ2v) is 16.5. The van der Waals surface area contributed by atoms with Crippen LogP contribution in [-0.4, -0.2) is 11.9 Å². The Kier molecular flexibility index (Phi) is 5.99. The third-order valence-corrected chi connectivity index (χ3v) is 15.1. The molecule has 0 amide bonds. The average molecular weight is 475 g/mol. The Labute approximate surface area is 186 Å². The van der Waals surface area contributed by atoms with E-state index in [0.29, 0.717) is 12.6 Å². The molecule has 4 aromatic carbocycles. The summed E-state index contributed by atoms with van der Waals surface area (Å²) < 4.78 is 0. The second kappa shape index (κ2) is 8.68. The van der Waals surface area contributed by atoms with Crippen molar-refractivity contribution in [2.45, 2.75) is 6.42 Å². The molecule has 0 saturated carbocycles. The molecule has 0 atom stereocenters. The Balaban J connectivity index is 1.93. The summed E-state index contributed by atoms with van der Waals surface area (Å²) in [5.74, 6) is 0.229. The van der Waals surface area contributed by atoms with Crippen LogP contribution in [0.3, 0.4) is 0 Å². The van der Waals surface area contributed by atoms with Crippen LogP contribution >= 0.6 is 20.8 Å². The van der Waals surface area contributed by atoms with Gasteiger partial charge in [-0.2, -0.15) is 0 Å². The summed E-state index contributed by atoms with van der Waals surface area (Å²) in [6, 6.07) is 41.4. The molecule has 0 bridgehead atoms. The van der Waals surface area contributed by atoms with Gasteiger partial charge in [-0.15, -0.1) is 0 Å². The van der Waals surface area contributed by atoms with Gasteiger partial charge in [-0.3, -0.25) is 0 Å². The number of carbonyl (C=O) groups is 1. The maximum absolute atomic E-state index is 13.6. The number of carbonyl (C=O) groups excluding carboxylic acids is 1. The van der Waals surface area contributed by atoms with Gasteiger partial charge in [-0.25, -0.2) is 0 Å². The van der Waals surface area contributed by atoms with E-state index in [4.69, 9.17) is 0 Å². The summed E-state index contributed by atoms with van der Waals surface area (Å²) in [5, 5.41) is 0.312. The predicted molar refractivity (Wildman–Crippen MR) is 134 cm³/mol. The summed E-state index contributed by atoms with van der Waals surface area (Å²) in [7, 11) is 0. The molecule has 0 aliphatic carbocycles. The van der Waals surface area contributed by atoms with Crippen molar-refractivity contribution in [1.82, 2.24) is 0 Å². The number of hydrogen-bond donors (Lipinski definition) is 0. The van der Waals surface area contributed by atoms with Crippen LogP contribution < -0.4 is 15.9 Å². The van der Waals surface area contributed by atoms with Crippen LogP contribution in [0.2, 0.25) is 0 Å². The Morgan fingerprint density at radius 2 is 0.900 bits per heavy atom. The molecule has 3 heteroatoms. The van der Waals surface area contributed by atoms with Crippen molar-refractivity contribution in [3.05, 3.63) is 127 Å². The van der Waals surface area contributed by atoms with E-state index in [-0.39, 0.29) is 5.78 Å². The molecule has 4 rings (SSSR count). The standard InChI is InChI=1S/C27H24BrOP/c28-30(25-15-7-2-8-16-25,26-17-9-3-10-18-26,27-19-11-4-12-20-27)22-24(29)21-23-13-5-1-6-14-23/h1-20H,21-22H2. The van der Waals surface area contributed by atoms with Crippen molar-refractivity contribution in [3.63, 3.8) is 0 Å². The summed E-state index contributed by atoms with van der Waals surface area (Å²) in [6.45, 7) is 0. The van der Waals surface area contributed by atoms with Gasteiger partial charge in [-0.1, -0.05) is 0 Å². The number of halogens is 1. The zero-order chi connectivity index (χ0) is 20.9. The van der Waals surface area contributed by atoms with Crippen molar-refractivity contribution in [3.8, 4) is 0 Å². The first-order valence-corrected chi connectivity index (χ1v) is 14.5. The van der Waals surface area contributed by atoms with Crippen molar-refractivity contribution >= 4 is 42.5 Å². The van der Waals surface area contributed by atoms with Crippen LogP contribution in [0, 0.1) is 0 Å². The molecule has 0 fully saturated rings. The van der Waals surface area contributed by atoms with Gasteiger partial charge < -0.3 is 0 Å². The van der Waals surface area contributed by atoms with Gasteiger partial charge >= 0.3 is 187 Å². The number of Topliss-reactive ketones (excluding diaryl/α,β-unsaturated/α-hetero) is 1. The van der Waals surface area contributed by atoms with Crippen molar-refractivity contribution in [2.75, 3.05) is 6.16 Å². The van der Waals surface area contributed by atoms with E-state index in [1.54, 1.807) is 0 Å². The molecule has 0 N–H and O–H groups in total. The minimum atomic E-state index is -3.19. The first-order valence-electron chi connectivity index (χ1n) is 10.1.